The van der Waals surface area contributed by atoms with Crippen LogP contribution in [0.1, 0.15) is 13.2 Å². The topological polar surface area (TPSA) is 127 Å². The number of rotatable bonds is 9. The van der Waals surface area contributed by atoms with E-state index in [2.05, 4.69) is 4.98 Å². The number of nitrogens with zero attached hydrogens (tertiary/aromatic N) is 2. The van der Waals surface area contributed by atoms with Gasteiger partial charge >= 0.3 is 5.69 Å². The minimum absolute atomic E-state index is 0.0279. The van der Waals surface area contributed by atoms with Gasteiger partial charge in [-0.1, -0.05) is 21.6 Å². The van der Waals surface area contributed by atoms with Crippen molar-refractivity contribution in [1.29, 1.82) is 0 Å². The van der Waals surface area contributed by atoms with E-state index in [1.165, 1.54) is 50.6 Å². The monoisotopic (exact) mass is 411 g/mol. The fraction of sp³-hybridized carbons (Fsp3) is 0.250. The maximum absolute atomic E-state index is 11.7. The van der Waals surface area contributed by atoms with Gasteiger partial charge in [0.1, 0.15) is 12.3 Å². The quantitative estimate of drug-likeness (QED) is 0.365. The van der Waals surface area contributed by atoms with Gasteiger partial charge in [-0.05, 0) is 30.5 Å². The van der Waals surface area contributed by atoms with Crippen LogP contribution in [0.5, 0.6) is 0 Å². The second-order valence-electron chi connectivity index (χ2n) is 5.23. The van der Waals surface area contributed by atoms with Gasteiger partial charge in [-0.25, -0.2) is 4.79 Å². The lowest BCUT2D eigenvalue weighted by Gasteiger charge is -2.19. The summed E-state index contributed by atoms with van der Waals surface area (Å²) in [4.78, 5) is 35.9. The molecule has 0 spiro atoms. The third-order valence-corrected chi connectivity index (χ3v) is 5.36. The van der Waals surface area contributed by atoms with E-state index in [-0.39, 0.29) is 12.3 Å². The Morgan fingerprint density at radius 3 is 2.63 bits per heavy atom. The molecule has 0 saturated heterocycles. The second kappa shape index (κ2) is 10.1. The third kappa shape index (κ3) is 6.40. The van der Waals surface area contributed by atoms with Crippen LogP contribution in [0, 0.1) is 10.1 Å². The number of non-ortho nitro benzene ring substituents is 1. The van der Waals surface area contributed by atoms with Crippen LogP contribution >= 0.6 is 21.6 Å². The van der Waals surface area contributed by atoms with Crippen molar-refractivity contribution in [3.63, 3.8) is 0 Å². The van der Waals surface area contributed by atoms with Crippen LogP contribution in [0.3, 0.4) is 0 Å². The number of H-pyrrole nitrogens is 1. The van der Waals surface area contributed by atoms with Crippen molar-refractivity contribution in [3.8, 4) is 0 Å². The number of aliphatic hydroxyl groups is 1. The number of nitro benzene ring substituents is 1. The zero-order valence-electron chi connectivity index (χ0n) is 14.2. The van der Waals surface area contributed by atoms with Gasteiger partial charge in [-0.2, -0.15) is 0 Å². The molecule has 2 atom stereocenters. The SMILES string of the molecule is CC(O[C@@H](/C=C/SSc1ccc([N+](=O)[O-])cc1)CO)n1ccc(=O)[nH]c1=O. The molecule has 144 valence electrons. The van der Waals surface area contributed by atoms with Crippen molar-refractivity contribution in [2.75, 3.05) is 6.61 Å². The number of hydrogen-bond donors (Lipinski definition) is 2. The van der Waals surface area contributed by atoms with Crippen LogP contribution in [0.25, 0.3) is 0 Å². The van der Waals surface area contributed by atoms with E-state index in [0.29, 0.717) is 0 Å². The Kier molecular flexibility index (Phi) is 7.85. The Morgan fingerprint density at radius 1 is 1.33 bits per heavy atom. The molecule has 1 unspecified atom stereocenters. The van der Waals surface area contributed by atoms with Gasteiger partial charge in [0.25, 0.3) is 11.2 Å². The molecule has 0 aliphatic carbocycles. The number of hydrogen-bond acceptors (Lipinski definition) is 8. The first kappa shape index (κ1) is 21.0. The molecule has 0 saturated carbocycles. The van der Waals surface area contributed by atoms with Gasteiger partial charge in [-0.15, -0.1) is 0 Å². The van der Waals surface area contributed by atoms with Crippen LogP contribution in [0.4, 0.5) is 5.69 Å². The van der Waals surface area contributed by atoms with Crippen LogP contribution in [0.2, 0.25) is 0 Å². The van der Waals surface area contributed by atoms with E-state index < -0.39 is 28.5 Å². The van der Waals surface area contributed by atoms with Crippen molar-refractivity contribution in [3.05, 3.63) is 79.0 Å². The molecule has 0 bridgehead atoms. The van der Waals surface area contributed by atoms with Crippen molar-refractivity contribution in [1.82, 2.24) is 9.55 Å². The van der Waals surface area contributed by atoms with Crippen molar-refractivity contribution < 1.29 is 14.8 Å². The van der Waals surface area contributed by atoms with Gasteiger partial charge in [0, 0.05) is 29.3 Å². The van der Waals surface area contributed by atoms with Gasteiger partial charge in [0.2, 0.25) is 0 Å². The number of aliphatic hydroxyl groups excluding tert-OH is 1. The van der Waals surface area contributed by atoms with Crippen LogP contribution in [0.15, 0.2) is 62.5 Å². The van der Waals surface area contributed by atoms with E-state index in [1.807, 2.05) is 0 Å². The molecule has 11 heteroatoms. The summed E-state index contributed by atoms with van der Waals surface area (Å²) in [5.74, 6) is 0. The summed E-state index contributed by atoms with van der Waals surface area (Å²) in [6.07, 6.45) is 1.62. The summed E-state index contributed by atoms with van der Waals surface area (Å²) in [6.45, 7) is 1.33. The molecule has 9 nitrogen and oxygen atoms in total. The minimum Gasteiger partial charge on any atom is -0.393 e. The average Bonchev–Trinajstić information content (AvgIpc) is 2.64. The fourth-order valence-corrected chi connectivity index (χ4v) is 3.69. The lowest BCUT2D eigenvalue weighted by Crippen LogP contribution is -2.33. The molecule has 1 heterocycles. The minimum atomic E-state index is -0.691. The second-order valence-corrected chi connectivity index (χ2v) is 7.41. The molecule has 1 aromatic heterocycles. The molecule has 0 radical (unpaired) electrons. The van der Waals surface area contributed by atoms with E-state index in [0.717, 1.165) is 4.90 Å². The van der Waals surface area contributed by atoms with Gasteiger partial charge in [0.05, 0.1) is 11.5 Å². The van der Waals surface area contributed by atoms with Crippen molar-refractivity contribution in [2.45, 2.75) is 24.2 Å². The number of aromatic nitrogens is 2. The van der Waals surface area contributed by atoms with Crippen molar-refractivity contribution >= 4 is 27.3 Å². The van der Waals surface area contributed by atoms with Crippen LogP contribution in [-0.2, 0) is 4.74 Å². The van der Waals surface area contributed by atoms with Crippen LogP contribution < -0.4 is 11.2 Å². The zero-order chi connectivity index (χ0) is 19.8. The van der Waals surface area contributed by atoms with Gasteiger partial charge < -0.3 is 9.84 Å². The van der Waals surface area contributed by atoms with Gasteiger partial charge in [-0.3, -0.25) is 24.5 Å². The molecule has 2 rings (SSSR count). The average molecular weight is 411 g/mol. The Bertz CT molecular complexity index is 909. The predicted molar refractivity (Wildman–Crippen MR) is 104 cm³/mol. The summed E-state index contributed by atoms with van der Waals surface area (Å²) in [6, 6.07) is 7.36. The molecule has 27 heavy (non-hydrogen) atoms. The highest BCUT2D eigenvalue weighted by Gasteiger charge is 2.12. The van der Waals surface area contributed by atoms with Gasteiger partial charge in [0.15, 0.2) is 0 Å². The lowest BCUT2D eigenvalue weighted by molar-refractivity contribution is -0.384. The molecule has 2 N–H and O–H groups in total. The Balaban J connectivity index is 1.89. The van der Waals surface area contributed by atoms with E-state index in [1.54, 1.807) is 30.5 Å². The smallest absolute Gasteiger partial charge is 0.330 e. The maximum Gasteiger partial charge on any atom is 0.330 e. The molecule has 0 aliphatic rings. The number of nitrogens with one attached hydrogen (secondary N) is 1. The van der Waals surface area contributed by atoms with E-state index in [4.69, 9.17) is 4.74 Å². The molecule has 0 aliphatic heterocycles. The summed E-state index contributed by atoms with van der Waals surface area (Å²) >= 11 is 0. The van der Waals surface area contributed by atoms with E-state index >= 15 is 0 Å². The van der Waals surface area contributed by atoms with Crippen LogP contribution in [-0.4, -0.2) is 32.3 Å². The largest absolute Gasteiger partial charge is 0.393 e. The van der Waals surface area contributed by atoms with E-state index in [9.17, 15) is 24.8 Å². The maximum atomic E-state index is 11.7. The first-order valence-electron chi connectivity index (χ1n) is 7.73. The Hall–Kier alpha value is -2.34. The third-order valence-electron chi connectivity index (χ3n) is 3.34. The summed E-state index contributed by atoms with van der Waals surface area (Å²) in [5, 5.41) is 21.8. The number of aromatic amines is 1. The zero-order valence-corrected chi connectivity index (χ0v) is 15.8. The number of nitro groups is 1. The molecule has 0 amide bonds. The molecule has 2 aromatic rings. The Labute approximate surface area is 161 Å². The normalized spacial score (nSPS) is 13.6. The first-order chi connectivity index (χ1) is 12.9. The summed E-state index contributed by atoms with van der Waals surface area (Å²) in [5.41, 5.74) is -1.07. The first-order valence-corrected chi connectivity index (χ1v) is 9.94. The Morgan fingerprint density at radius 2 is 2.04 bits per heavy atom. The highest BCUT2D eigenvalue weighted by Crippen LogP contribution is 2.33. The summed E-state index contributed by atoms with van der Waals surface area (Å²) < 4.78 is 6.81. The summed E-state index contributed by atoms with van der Waals surface area (Å²) in [7, 11) is 2.74. The predicted octanol–water partition coefficient (Wildman–Crippen LogP) is 2.29. The number of ether oxygens (including phenoxy) is 1. The molecule has 0 fully saturated rings. The highest BCUT2D eigenvalue weighted by atomic mass is 33.1. The molecular formula is C16H17N3O6S2. The fourth-order valence-electron chi connectivity index (χ4n) is 2.01. The molecular weight excluding hydrogens is 394 g/mol. The highest BCUT2D eigenvalue weighted by molar-refractivity contribution is 8.77. The molecule has 1 aromatic carbocycles. The van der Waals surface area contributed by atoms with Crippen molar-refractivity contribution in [2.24, 2.45) is 0 Å². The standard InChI is InChI=1S/C16H17N3O6S2/c1-11(18-8-6-15(21)17-16(18)22)25-13(10-20)7-9-26-27-14-4-2-12(3-5-14)19(23)24/h2-9,11,13,20H,10H2,1H3,(H,17,21,22)/b9-7+/t11?,13-/m0/s1. The lowest BCUT2D eigenvalue weighted by atomic mass is 10.3. The number of benzene rings is 1.